The van der Waals surface area contributed by atoms with Crippen molar-refractivity contribution in [1.82, 2.24) is 9.97 Å². The summed E-state index contributed by atoms with van der Waals surface area (Å²) in [4.78, 5) is 9.57. The highest BCUT2D eigenvalue weighted by Gasteiger charge is 2.15. The van der Waals surface area contributed by atoms with Crippen LogP contribution in [0.3, 0.4) is 0 Å². The van der Waals surface area contributed by atoms with Crippen LogP contribution in [-0.2, 0) is 0 Å². The molecule has 5 aromatic rings. The van der Waals surface area contributed by atoms with Crippen molar-refractivity contribution in [2.45, 2.75) is 19.4 Å². The number of nitrogens with zero attached hydrogens (tertiary/aromatic N) is 2. The zero-order chi connectivity index (χ0) is 22.8. The maximum atomic E-state index is 10.7. The van der Waals surface area contributed by atoms with E-state index in [9.17, 15) is 5.11 Å². The molecule has 0 saturated heterocycles. The maximum Gasteiger partial charge on any atom is 0.165 e. The normalized spacial score (nSPS) is 12.2. The van der Waals surface area contributed by atoms with E-state index < -0.39 is 0 Å². The first-order chi connectivity index (χ1) is 16.1. The van der Waals surface area contributed by atoms with Gasteiger partial charge in [-0.15, -0.1) is 0 Å². The van der Waals surface area contributed by atoms with E-state index in [0.29, 0.717) is 17.9 Å². The third-order valence-corrected chi connectivity index (χ3v) is 6.00. The van der Waals surface area contributed by atoms with Crippen molar-refractivity contribution in [3.05, 3.63) is 84.9 Å². The minimum atomic E-state index is 0.0327. The van der Waals surface area contributed by atoms with E-state index in [-0.39, 0.29) is 11.8 Å². The predicted molar refractivity (Wildman–Crippen MR) is 136 cm³/mol. The van der Waals surface area contributed by atoms with Gasteiger partial charge in [-0.25, -0.2) is 9.97 Å². The predicted octanol–water partition coefficient (Wildman–Crippen LogP) is 5.97. The summed E-state index contributed by atoms with van der Waals surface area (Å²) < 4.78 is 0. The lowest BCUT2D eigenvalue weighted by Gasteiger charge is -2.15. The Morgan fingerprint density at radius 3 is 2.45 bits per heavy atom. The number of nitrogens with one attached hydrogen (secondary N) is 1. The second-order valence-corrected chi connectivity index (χ2v) is 8.22. The molecule has 0 bridgehead atoms. The van der Waals surface area contributed by atoms with E-state index >= 15 is 0 Å². The molecule has 164 valence electrons. The van der Waals surface area contributed by atoms with Crippen LogP contribution in [0.15, 0.2) is 84.9 Å². The molecule has 5 heteroatoms. The molecule has 1 unspecified atom stereocenters. The molecule has 0 aliphatic rings. The Balaban J connectivity index is 1.64. The average molecular weight is 435 g/mol. The highest BCUT2D eigenvalue weighted by Crippen LogP contribution is 2.36. The van der Waals surface area contributed by atoms with E-state index in [1.54, 1.807) is 6.07 Å². The zero-order valence-corrected chi connectivity index (χ0v) is 18.5. The van der Waals surface area contributed by atoms with Crippen molar-refractivity contribution < 1.29 is 5.11 Å². The van der Waals surface area contributed by atoms with Gasteiger partial charge in [0.05, 0.1) is 11.1 Å². The third-order valence-electron chi connectivity index (χ3n) is 6.00. The molecular formula is C28H26N4O. The van der Waals surface area contributed by atoms with Crippen LogP contribution >= 0.6 is 0 Å². The molecule has 4 aromatic carbocycles. The van der Waals surface area contributed by atoms with Gasteiger partial charge < -0.3 is 16.2 Å². The van der Waals surface area contributed by atoms with Gasteiger partial charge >= 0.3 is 0 Å². The fourth-order valence-corrected chi connectivity index (χ4v) is 4.06. The van der Waals surface area contributed by atoms with Gasteiger partial charge in [0, 0.05) is 18.0 Å². The van der Waals surface area contributed by atoms with Gasteiger partial charge in [-0.2, -0.15) is 0 Å². The van der Waals surface area contributed by atoms with E-state index in [2.05, 4.69) is 42.6 Å². The lowest BCUT2D eigenvalue weighted by molar-refractivity contribution is 0.477. The number of benzene rings is 4. The van der Waals surface area contributed by atoms with Gasteiger partial charge in [-0.3, -0.25) is 0 Å². The summed E-state index contributed by atoms with van der Waals surface area (Å²) in [7, 11) is 0. The van der Waals surface area contributed by atoms with Crippen LogP contribution in [0, 0.1) is 0 Å². The molecule has 4 N–H and O–H groups in total. The number of hydrogen-bond acceptors (Lipinski definition) is 5. The molecule has 0 aliphatic carbocycles. The largest absolute Gasteiger partial charge is 0.507 e. The molecule has 0 fully saturated rings. The van der Waals surface area contributed by atoms with Crippen LogP contribution in [0.2, 0.25) is 0 Å². The first-order valence-corrected chi connectivity index (χ1v) is 11.2. The minimum Gasteiger partial charge on any atom is -0.507 e. The SMILES string of the molecule is CCC(N)CNc1nc(-c2cc(-c3cccc4ccccc34)ccc2O)nc2ccccc12. The Kier molecular flexibility index (Phi) is 5.63. The van der Waals surface area contributed by atoms with E-state index in [1.807, 2.05) is 48.5 Å². The van der Waals surface area contributed by atoms with Gasteiger partial charge in [-0.1, -0.05) is 67.6 Å². The highest BCUT2D eigenvalue weighted by atomic mass is 16.3. The van der Waals surface area contributed by atoms with Crippen LogP contribution < -0.4 is 11.1 Å². The van der Waals surface area contributed by atoms with E-state index in [1.165, 1.54) is 5.39 Å². The van der Waals surface area contributed by atoms with Crippen LogP contribution in [0.1, 0.15) is 13.3 Å². The monoisotopic (exact) mass is 434 g/mol. The highest BCUT2D eigenvalue weighted by molar-refractivity contribution is 5.97. The molecule has 1 atom stereocenters. The number of fused-ring (bicyclic) bond motifs is 2. The molecular weight excluding hydrogens is 408 g/mol. The van der Waals surface area contributed by atoms with Crippen LogP contribution in [-0.4, -0.2) is 27.7 Å². The number of aromatic hydroxyl groups is 1. The van der Waals surface area contributed by atoms with Crippen molar-refractivity contribution in [3.63, 3.8) is 0 Å². The second kappa shape index (κ2) is 8.88. The number of rotatable bonds is 6. The number of phenolic OH excluding ortho intramolecular Hbond substituents is 1. The van der Waals surface area contributed by atoms with Crippen LogP contribution in [0.25, 0.3) is 44.2 Å². The summed E-state index contributed by atoms with van der Waals surface area (Å²) in [5, 5.41) is 17.4. The van der Waals surface area contributed by atoms with Crippen molar-refractivity contribution in [3.8, 4) is 28.3 Å². The Morgan fingerprint density at radius 2 is 1.61 bits per heavy atom. The molecule has 1 heterocycles. The van der Waals surface area contributed by atoms with Gasteiger partial charge in [0.15, 0.2) is 5.82 Å². The van der Waals surface area contributed by atoms with Crippen LogP contribution in [0.4, 0.5) is 5.82 Å². The zero-order valence-electron chi connectivity index (χ0n) is 18.5. The summed E-state index contributed by atoms with van der Waals surface area (Å²) >= 11 is 0. The fourth-order valence-electron chi connectivity index (χ4n) is 4.06. The first-order valence-electron chi connectivity index (χ1n) is 11.2. The van der Waals surface area contributed by atoms with Gasteiger partial charge in [0.2, 0.25) is 0 Å². The summed E-state index contributed by atoms with van der Waals surface area (Å²) in [5.74, 6) is 1.33. The Bertz CT molecular complexity index is 1440. The lowest BCUT2D eigenvalue weighted by atomic mass is 9.96. The molecule has 33 heavy (non-hydrogen) atoms. The number of nitrogens with two attached hydrogens (primary N) is 1. The molecule has 0 spiro atoms. The van der Waals surface area contributed by atoms with Crippen molar-refractivity contribution >= 4 is 27.5 Å². The van der Waals surface area contributed by atoms with E-state index in [0.717, 1.165) is 39.7 Å². The Morgan fingerprint density at radius 1 is 0.848 bits per heavy atom. The summed E-state index contributed by atoms with van der Waals surface area (Å²) in [6.07, 6.45) is 0.872. The number of anilines is 1. The average Bonchev–Trinajstić information content (AvgIpc) is 2.87. The first kappa shape index (κ1) is 20.9. The van der Waals surface area contributed by atoms with Crippen molar-refractivity contribution in [1.29, 1.82) is 0 Å². The number of phenols is 1. The molecule has 0 saturated carbocycles. The standard InChI is InChI=1S/C28H26N4O/c1-2-20(29)17-30-27-23-11-5-6-13-25(23)31-28(32-27)24-16-19(14-15-26(24)33)22-12-7-9-18-8-3-4-10-21(18)22/h3-16,20,33H,2,17,29H2,1H3,(H,30,31,32). The summed E-state index contributed by atoms with van der Waals surface area (Å²) in [6.45, 7) is 2.67. The van der Waals surface area contributed by atoms with Gasteiger partial charge in [0.25, 0.3) is 0 Å². The van der Waals surface area contributed by atoms with Gasteiger partial charge in [-0.05, 0) is 52.6 Å². The summed E-state index contributed by atoms with van der Waals surface area (Å²) in [5.41, 5.74) is 9.62. The molecule has 0 aliphatic heterocycles. The molecule has 0 radical (unpaired) electrons. The fraction of sp³-hybridized carbons (Fsp3) is 0.143. The van der Waals surface area contributed by atoms with Gasteiger partial charge in [0.1, 0.15) is 11.6 Å². The summed E-state index contributed by atoms with van der Waals surface area (Å²) in [6, 6.07) is 28.0. The number of aromatic nitrogens is 2. The lowest BCUT2D eigenvalue weighted by Crippen LogP contribution is -2.28. The number of hydrogen-bond donors (Lipinski definition) is 3. The maximum absolute atomic E-state index is 10.7. The molecule has 5 nitrogen and oxygen atoms in total. The Labute approximate surface area is 192 Å². The number of para-hydroxylation sites is 1. The smallest absolute Gasteiger partial charge is 0.165 e. The molecule has 0 amide bonds. The van der Waals surface area contributed by atoms with Crippen molar-refractivity contribution in [2.75, 3.05) is 11.9 Å². The third kappa shape index (κ3) is 4.11. The quantitative estimate of drug-likeness (QED) is 0.306. The van der Waals surface area contributed by atoms with Crippen molar-refractivity contribution in [2.24, 2.45) is 5.73 Å². The Hall–Kier alpha value is -3.96. The molecule has 5 rings (SSSR count). The minimum absolute atomic E-state index is 0.0327. The molecule has 1 aromatic heterocycles. The van der Waals surface area contributed by atoms with Crippen LogP contribution in [0.5, 0.6) is 5.75 Å². The topological polar surface area (TPSA) is 84.1 Å². The van der Waals surface area contributed by atoms with E-state index in [4.69, 9.17) is 15.7 Å². The second-order valence-electron chi connectivity index (χ2n) is 8.22.